The molecule has 6 heteroatoms. The summed E-state index contributed by atoms with van der Waals surface area (Å²) in [6, 6.07) is 24.0. The number of phenolic OH excluding ortho intramolecular Hbond substituents is 1. The number of nitrogens with zero attached hydrogens (tertiary/aromatic N) is 4. The molecule has 5 aromatic rings. The Morgan fingerprint density at radius 1 is 0.921 bits per heavy atom. The Balaban J connectivity index is 0.00000433. The van der Waals surface area contributed by atoms with E-state index in [0.717, 1.165) is 34.8 Å². The molecule has 0 unspecified atom stereocenters. The van der Waals surface area contributed by atoms with Gasteiger partial charge in [0, 0.05) is 52.0 Å². The van der Waals surface area contributed by atoms with Gasteiger partial charge in [0.15, 0.2) is 0 Å². The number of aromatic hydroxyl groups is 1. The molecular weight excluding hydrogens is 651 g/mol. The van der Waals surface area contributed by atoms with E-state index in [4.69, 9.17) is 12.3 Å². The molecule has 0 atom stereocenters. The van der Waals surface area contributed by atoms with Crippen molar-refractivity contribution in [3.8, 4) is 17.0 Å². The van der Waals surface area contributed by atoms with Gasteiger partial charge in [-0.25, -0.2) is 4.98 Å². The van der Waals surface area contributed by atoms with Gasteiger partial charge in [0.2, 0.25) is 0 Å². The molecule has 5 nitrogen and oxygen atoms in total. The summed E-state index contributed by atoms with van der Waals surface area (Å²) in [6.45, 7) is -8.39. The minimum atomic E-state index is -3.46. The Hall–Kier alpha value is -3.69. The van der Waals surface area contributed by atoms with Crippen molar-refractivity contribution in [1.29, 1.82) is 0 Å². The molecular formula is C32H29N4OPt-. The zero-order chi connectivity index (χ0) is 33.4. The van der Waals surface area contributed by atoms with Crippen molar-refractivity contribution in [1.82, 2.24) is 9.97 Å². The van der Waals surface area contributed by atoms with Crippen LogP contribution < -0.4 is 9.80 Å². The molecule has 38 heavy (non-hydrogen) atoms. The zero-order valence-corrected chi connectivity index (χ0v) is 22.8. The van der Waals surface area contributed by atoms with Gasteiger partial charge in [-0.15, -0.1) is 23.8 Å². The quantitative estimate of drug-likeness (QED) is 0.191. The fourth-order valence-corrected chi connectivity index (χ4v) is 4.82. The smallest absolute Gasteiger partial charge is 0.140 e. The maximum atomic E-state index is 10.9. The monoisotopic (exact) mass is 689 g/mol. The van der Waals surface area contributed by atoms with Crippen LogP contribution in [0.3, 0.4) is 0 Å². The van der Waals surface area contributed by atoms with Crippen molar-refractivity contribution in [2.75, 3.05) is 16.8 Å². The third-order valence-electron chi connectivity index (χ3n) is 6.62. The summed E-state index contributed by atoms with van der Waals surface area (Å²) in [6.07, 6.45) is 1.70. The number of pyridine rings is 2. The number of aromatic nitrogens is 2. The Kier molecular flexibility index (Phi) is 4.28. The van der Waals surface area contributed by atoms with Crippen LogP contribution in [0.15, 0.2) is 79.0 Å². The molecule has 1 aliphatic rings. The van der Waals surface area contributed by atoms with E-state index in [1.54, 1.807) is 12.3 Å². The first-order valence-corrected chi connectivity index (χ1v) is 11.7. The summed E-state index contributed by atoms with van der Waals surface area (Å²) in [5.74, 6) is 0.300. The zero-order valence-electron chi connectivity index (χ0n) is 29.6. The predicted octanol–water partition coefficient (Wildman–Crippen LogP) is 7.96. The van der Waals surface area contributed by atoms with Gasteiger partial charge in [0.05, 0.1) is 11.4 Å². The largest absolute Gasteiger partial charge is 0.506 e. The first-order chi connectivity index (χ1) is 21.5. The first-order valence-electron chi connectivity index (χ1n) is 16.2. The van der Waals surface area contributed by atoms with Crippen LogP contribution in [-0.2, 0) is 26.5 Å². The number of fused-ring (bicyclic) bond motifs is 3. The molecule has 0 saturated heterocycles. The van der Waals surface area contributed by atoms with Gasteiger partial charge >= 0.3 is 0 Å². The molecule has 3 heterocycles. The van der Waals surface area contributed by atoms with Gasteiger partial charge < -0.3 is 14.9 Å². The number of benzene rings is 3. The molecule has 0 bridgehead atoms. The molecule has 1 aliphatic heterocycles. The first kappa shape index (κ1) is 17.0. The third-order valence-corrected chi connectivity index (χ3v) is 6.62. The summed E-state index contributed by atoms with van der Waals surface area (Å²) >= 11 is 0. The van der Waals surface area contributed by atoms with Crippen LogP contribution in [0, 0.1) is 13.0 Å². The second-order valence-corrected chi connectivity index (χ2v) is 9.16. The van der Waals surface area contributed by atoms with Gasteiger partial charge in [-0.05, 0) is 70.9 Å². The van der Waals surface area contributed by atoms with E-state index in [9.17, 15) is 5.11 Å². The van der Waals surface area contributed by atoms with Crippen LogP contribution >= 0.6 is 0 Å². The normalized spacial score (nSPS) is 17.2. The molecule has 0 spiro atoms. The summed E-state index contributed by atoms with van der Waals surface area (Å²) in [5, 5.41) is 10.8. The molecule has 6 rings (SSSR count). The standard InChI is InChI=1S/C32H29N4O.Pt/c1-20-9-14-25-27(18-20)36(30-8-6-7-17-33-30)28-19-21(10-15-26(28)35(25)5)24-13-11-22-23(32(2,3)4)12-16-29(37)31(22)34-24;/h6-18,37H,1-5H3;/q-1;/i2D3,3D3,4D3;. The van der Waals surface area contributed by atoms with Crippen molar-refractivity contribution in [3.05, 3.63) is 96.2 Å². The fourth-order valence-electron chi connectivity index (χ4n) is 4.82. The minimum absolute atomic E-state index is 0. The van der Waals surface area contributed by atoms with Crippen molar-refractivity contribution < 1.29 is 38.5 Å². The number of hydrogen-bond acceptors (Lipinski definition) is 5. The van der Waals surface area contributed by atoms with Gasteiger partial charge in [0.1, 0.15) is 17.1 Å². The summed E-state index contributed by atoms with van der Waals surface area (Å²) in [4.78, 5) is 13.3. The molecule has 0 saturated carbocycles. The van der Waals surface area contributed by atoms with Crippen molar-refractivity contribution in [2.24, 2.45) is 0 Å². The SMILES string of the molecule is [2H]C([2H])([2H])C(c1ccc(O)c2nc(-c3[c-]c4c(cc3)N(C)c3ccc(C)cc3N4c3ccccn3)ccc12)(C([2H])([2H])[2H])C([2H])([2H])[2H].[Pt]. The topological polar surface area (TPSA) is 52.5 Å². The van der Waals surface area contributed by atoms with Gasteiger partial charge in [-0.3, -0.25) is 4.98 Å². The van der Waals surface area contributed by atoms with E-state index in [-0.39, 0.29) is 37.7 Å². The molecule has 0 amide bonds. The average Bonchev–Trinajstić information content (AvgIpc) is 2.96. The molecule has 194 valence electrons. The van der Waals surface area contributed by atoms with Crippen LogP contribution in [0.25, 0.3) is 22.2 Å². The molecule has 1 N–H and O–H groups in total. The molecule has 0 fully saturated rings. The predicted molar refractivity (Wildman–Crippen MR) is 152 cm³/mol. The van der Waals surface area contributed by atoms with Crippen LogP contribution in [0.2, 0.25) is 0 Å². The van der Waals surface area contributed by atoms with Crippen molar-refractivity contribution in [3.63, 3.8) is 0 Å². The second-order valence-electron chi connectivity index (χ2n) is 9.16. The number of anilines is 5. The van der Waals surface area contributed by atoms with Gasteiger partial charge in [-0.2, -0.15) is 0 Å². The van der Waals surface area contributed by atoms with E-state index < -0.39 is 31.5 Å². The number of aryl methyl sites for hydroxylation is 1. The van der Waals surface area contributed by atoms with Crippen LogP contribution in [0.1, 0.15) is 44.0 Å². The minimum Gasteiger partial charge on any atom is -0.506 e. The van der Waals surface area contributed by atoms with E-state index in [2.05, 4.69) is 22.1 Å². The Morgan fingerprint density at radius 2 is 1.74 bits per heavy atom. The van der Waals surface area contributed by atoms with Gasteiger partial charge in [0.25, 0.3) is 0 Å². The van der Waals surface area contributed by atoms with Crippen LogP contribution in [0.5, 0.6) is 5.75 Å². The van der Waals surface area contributed by atoms with E-state index >= 15 is 0 Å². The number of phenols is 1. The Labute approximate surface area is 250 Å². The van der Waals surface area contributed by atoms with E-state index in [1.165, 1.54) is 12.1 Å². The second kappa shape index (κ2) is 9.56. The van der Waals surface area contributed by atoms with Gasteiger partial charge in [-0.1, -0.05) is 50.9 Å². The van der Waals surface area contributed by atoms with Crippen molar-refractivity contribution >= 4 is 39.5 Å². The Bertz CT molecular complexity index is 1940. The number of hydrogen-bond donors (Lipinski definition) is 1. The number of rotatable bonds is 2. The van der Waals surface area contributed by atoms with Crippen LogP contribution in [-0.4, -0.2) is 22.1 Å². The molecule has 0 aliphatic carbocycles. The molecule has 2 aromatic heterocycles. The van der Waals surface area contributed by atoms with Crippen molar-refractivity contribution in [2.45, 2.75) is 32.9 Å². The molecule has 3 aromatic carbocycles. The maximum absolute atomic E-state index is 10.9. The summed E-state index contributed by atoms with van der Waals surface area (Å²) < 4.78 is 73.5. The van der Waals surface area contributed by atoms with E-state index in [0.29, 0.717) is 22.8 Å². The molecule has 0 radical (unpaired) electrons. The average molecular weight is 690 g/mol. The fraction of sp³-hybridized carbons (Fsp3) is 0.188. The Morgan fingerprint density at radius 3 is 2.50 bits per heavy atom. The van der Waals surface area contributed by atoms with Crippen LogP contribution in [0.4, 0.5) is 28.6 Å². The third kappa shape index (κ3) is 4.25. The summed E-state index contributed by atoms with van der Waals surface area (Å²) in [7, 11) is 1.96. The maximum Gasteiger partial charge on any atom is 0.140 e. The summed E-state index contributed by atoms with van der Waals surface area (Å²) in [5.41, 5.74) is 1.44. The van der Waals surface area contributed by atoms with E-state index in [1.807, 2.05) is 60.2 Å².